The molecule has 1 aromatic carbocycles. The molecule has 1 aromatic heterocycles. The maximum Gasteiger partial charge on any atom is 0.494 e. The van der Waals surface area contributed by atoms with Crippen LogP contribution < -0.4 is 15.9 Å². The van der Waals surface area contributed by atoms with Gasteiger partial charge in [0.05, 0.1) is 11.2 Å². The molecule has 24 heavy (non-hydrogen) atoms. The van der Waals surface area contributed by atoms with Crippen LogP contribution in [-0.2, 0) is 15.9 Å². The molecule has 2 aromatic rings. The van der Waals surface area contributed by atoms with Crippen molar-refractivity contribution in [2.24, 2.45) is 0 Å². The van der Waals surface area contributed by atoms with E-state index in [1.54, 1.807) is 12.3 Å². The second kappa shape index (κ2) is 6.11. The van der Waals surface area contributed by atoms with Crippen molar-refractivity contribution in [3.63, 3.8) is 0 Å². The molecule has 0 saturated carbocycles. The van der Waals surface area contributed by atoms with Crippen molar-refractivity contribution >= 4 is 18.4 Å². The first kappa shape index (κ1) is 16.8. The van der Waals surface area contributed by atoms with Crippen molar-refractivity contribution < 1.29 is 14.0 Å². The highest BCUT2D eigenvalue weighted by atomic mass is 16.7. The lowest BCUT2D eigenvalue weighted by molar-refractivity contribution is 0.00578. The molecule has 0 unspecified atom stereocenters. The second-order valence-corrected chi connectivity index (χ2v) is 7.04. The zero-order valence-corrected chi connectivity index (χ0v) is 14.6. The van der Waals surface area contributed by atoms with Crippen LogP contribution in [0.2, 0.25) is 0 Å². The van der Waals surface area contributed by atoms with Crippen LogP contribution in [0.3, 0.4) is 0 Å². The number of pyridine rings is 1. The summed E-state index contributed by atoms with van der Waals surface area (Å²) in [6.45, 7) is 8.63. The predicted octanol–water partition coefficient (Wildman–Crippen LogP) is 2.54. The van der Waals surface area contributed by atoms with E-state index in [4.69, 9.17) is 19.8 Å². The van der Waals surface area contributed by atoms with E-state index in [0.29, 0.717) is 12.4 Å². The zero-order valence-electron chi connectivity index (χ0n) is 14.6. The monoisotopic (exact) mass is 326 g/mol. The van der Waals surface area contributed by atoms with E-state index in [1.807, 2.05) is 58.0 Å². The third-order valence-electron chi connectivity index (χ3n) is 4.66. The number of anilines is 1. The fourth-order valence-corrected chi connectivity index (χ4v) is 2.39. The lowest BCUT2D eigenvalue weighted by atomic mass is 9.79. The molecule has 1 saturated heterocycles. The summed E-state index contributed by atoms with van der Waals surface area (Å²) in [6.07, 6.45) is 1.72. The van der Waals surface area contributed by atoms with Gasteiger partial charge >= 0.3 is 7.12 Å². The van der Waals surface area contributed by atoms with Gasteiger partial charge in [-0.25, -0.2) is 4.98 Å². The minimum atomic E-state index is -0.356. The van der Waals surface area contributed by atoms with Gasteiger partial charge in [-0.1, -0.05) is 18.2 Å². The number of rotatable bonds is 4. The molecule has 5 nitrogen and oxygen atoms in total. The van der Waals surface area contributed by atoms with E-state index >= 15 is 0 Å². The average Bonchev–Trinajstić information content (AvgIpc) is 2.75. The van der Waals surface area contributed by atoms with Crippen LogP contribution in [0.25, 0.3) is 0 Å². The SMILES string of the molecule is CC1(C)OB(c2ccc(OCc3ccc(N)nc3)cc2)OC1(C)C. The van der Waals surface area contributed by atoms with E-state index in [1.165, 1.54) is 0 Å². The third kappa shape index (κ3) is 3.39. The maximum atomic E-state index is 6.05. The number of benzene rings is 1. The van der Waals surface area contributed by atoms with Gasteiger partial charge in [0.1, 0.15) is 18.2 Å². The van der Waals surface area contributed by atoms with Crippen molar-refractivity contribution in [1.82, 2.24) is 4.98 Å². The van der Waals surface area contributed by atoms with Gasteiger partial charge in [-0.15, -0.1) is 0 Å². The molecule has 1 aliphatic heterocycles. The van der Waals surface area contributed by atoms with Gasteiger partial charge in [-0.2, -0.15) is 0 Å². The first-order chi connectivity index (χ1) is 11.3. The molecule has 0 spiro atoms. The summed E-state index contributed by atoms with van der Waals surface area (Å²) in [5.41, 5.74) is 6.85. The van der Waals surface area contributed by atoms with Crippen molar-refractivity contribution in [3.8, 4) is 5.75 Å². The summed E-state index contributed by atoms with van der Waals surface area (Å²) >= 11 is 0. The molecule has 1 fully saturated rings. The molecule has 0 aliphatic carbocycles. The molecular weight excluding hydrogens is 303 g/mol. The average molecular weight is 326 g/mol. The normalized spacial score (nSPS) is 18.6. The van der Waals surface area contributed by atoms with E-state index < -0.39 is 0 Å². The van der Waals surface area contributed by atoms with Gasteiger partial charge in [-0.3, -0.25) is 0 Å². The quantitative estimate of drug-likeness (QED) is 0.875. The molecule has 2 N–H and O–H groups in total. The zero-order chi connectivity index (χ0) is 17.4. The number of hydrogen-bond donors (Lipinski definition) is 1. The molecule has 0 radical (unpaired) electrons. The fraction of sp³-hybridized carbons (Fsp3) is 0.389. The molecule has 0 bridgehead atoms. The Morgan fingerprint density at radius 2 is 1.62 bits per heavy atom. The van der Waals surface area contributed by atoms with Crippen LogP contribution in [0.5, 0.6) is 5.75 Å². The molecule has 2 heterocycles. The smallest absolute Gasteiger partial charge is 0.489 e. The molecule has 1 aliphatic rings. The van der Waals surface area contributed by atoms with Crippen molar-refractivity contribution in [3.05, 3.63) is 48.2 Å². The topological polar surface area (TPSA) is 66.6 Å². The Bertz CT molecular complexity index is 683. The van der Waals surface area contributed by atoms with Crippen LogP contribution in [-0.4, -0.2) is 23.3 Å². The summed E-state index contributed by atoms with van der Waals surface area (Å²) < 4.78 is 17.9. The Morgan fingerprint density at radius 3 is 2.17 bits per heavy atom. The second-order valence-electron chi connectivity index (χ2n) is 7.04. The molecule has 6 heteroatoms. The van der Waals surface area contributed by atoms with Crippen LogP contribution >= 0.6 is 0 Å². The van der Waals surface area contributed by atoms with Crippen LogP contribution in [0.15, 0.2) is 42.6 Å². The summed E-state index contributed by atoms with van der Waals surface area (Å²) in [5, 5.41) is 0. The van der Waals surface area contributed by atoms with Crippen molar-refractivity contribution in [2.75, 3.05) is 5.73 Å². The summed E-state index contributed by atoms with van der Waals surface area (Å²) in [7, 11) is -0.356. The van der Waals surface area contributed by atoms with E-state index in [-0.39, 0.29) is 18.3 Å². The van der Waals surface area contributed by atoms with Gasteiger partial charge < -0.3 is 19.8 Å². The van der Waals surface area contributed by atoms with Gasteiger partial charge in [0, 0.05) is 11.8 Å². The third-order valence-corrected chi connectivity index (χ3v) is 4.66. The molecule has 3 rings (SSSR count). The van der Waals surface area contributed by atoms with Crippen molar-refractivity contribution in [2.45, 2.75) is 45.5 Å². The molecule has 0 atom stereocenters. The lowest BCUT2D eigenvalue weighted by Crippen LogP contribution is -2.41. The summed E-state index contributed by atoms with van der Waals surface area (Å²) in [6, 6.07) is 11.5. The van der Waals surface area contributed by atoms with Gasteiger partial charge in [0.25, 0.3) is 0 Å². The Morgan fingerprint density at radius 1 is 1.00 bits per heavy atom. The van der Waals surface area contributed by atoms with Gasteiger partial charge in [-0.05, 0) is 51.4 Å². The number of nitrogen functional groups attached to an aromatic ring is 1. The molecule has 0 amide bonds. The van der Waals surface area contributed by atoms with E-state index in [9.17, 15) is 0 Å². The van der Waals surface area contributed by atoms with Gasteiger partial charge in [0.2, 0.25) is 0 Å². The first-order valence-corrected chi connectivity index (χ1v) is 8.06. The Labute approximate surface area is 143 Å². The van der Waals surface area contributed by atoms with Crippen LogP contribution in [0, 0.1) is 0 Å². The number of nitrogens with zero attached hydrogens (tertiary/aromatic N) is 1. The minimum absolute atomic E-state index is 0.338. The lowest BCUT2D eigenvalue weighted by Gasteiger charge is -2.32. The highest BCUT2D eigenvalue weighted by molar-refractivity contribution is 6.62. The summed E-state index contributed by atoms with van der Waals surface area (Å²) in [4.78, 5) is 4.05. The van der Waals surface area contributed by atoms with Crippen molar-refractivity contribution in [1.29, 1.82) is 0 Å². The highest BCUT2D eigenvalue weighted by Gasteiger charge is 2.51. The number of nitrogens with two attached hydrogens (primary N) is 1. The van der Waals surface area contributed by atoms with E-state index in [2.05, 4.69) is 4.98 Å². The summed E-state index contributed by atoms with van der Waals surface area (Å²) in [5.74, 6) is 1.29. The highest BCUT2D eigenvalue weighted by Crippen LogP contribution is 2.36. The maximum absolute atomic E-state index is 6.05. The van der Waals surface area contributed by atoms with Crippen LogP contribution in [0.4, 0.5) is 5.82 Å². The number of hydrogen-bond acceptors (Lipinski definition) is 5. The van der Waals surface area contributed by atoms with Crippen LogP contribution in [0.1, 0.15) is 33.3 Å². The Hall–Kier alpha value is -2.05. The molecule has 126 valence electrons. The standard InChI is InChI=1S/C18H23BN2O3/c1-17(2)18(3,4)24-19(23-17)14-6-8-15(9-7-14)22-12-13-5-10-16(20)21-11-13/h5-11H,12H2,1-4H3,(H2,20,21). The first-order valence-electron chi connectivity index (χ1n) is 8.06. The Kier molecular flexibility index (Phi) is 4.28. The number of ether oxygens (including phenoxy) is 1. The largest absolute Gasteiger partial charge is 0.494 e. The number of aromatic nitrogens is 1. The van der Waals surface area contributed by atoms with Gasteiger partial charge in [0.15, 0.2) is 0 Å². The molecular formula is C18H23BN2O3. The fourth-order valence-electron chi connectivity index (χ4n) is 2.39. The van der Waals surface area contributed by atoms with E-state index in [0.717, 1.165) is 16.8 Å². The Balaban J connectivity index is 1.63. The predicted molar refractivity (Wildman–Crippen MR) is 95.1 cm³/mol. The minimum Gasteiger partial charge on any atom is -0.489 e.